The van der Waals surface area contributed by atoms with E-state index < -0.39 is 10.0 Å². The van der Waals surface area contributed by atoms with Crippen molar-refractivity contribution in [3.8, 4) is 5.75 Å². The number of aromatic nitrogens is 1. The van der Waals surface area contributed by atoms with Gasteiger partial charge in [-0.15, -0.1) is 0 Å². The van der Waals surface area contributed by atoms with Crippen LogP contribution in [0.3, 0.4) is 0 Å². The topological polar surface area (TPSA) is 68.3 Å². The van der Waals surface area contributed by atoms with Gasteiger partial charge in [0, 0.05) is 17.6 Å². The number of pyridine rings is 1. The number of ether oxygens (including phenoxy) is 1. The van der Waals surface area contributed by atoms with E-state index in [1.807, 2.05) is 12.1 Å². The van der Waals surface area contributed by atoms with Gasteiger partial charge >= 0.3 is 0 Å². The molecule has 0 aliphatic carbocycles. The Balaban J connectivity index is 2.04. The molecule has 0 saturated carbocycles. The molecule has 0 bridgehead atoms. The summed E-state index contributed by atoms with van der Waals surface area (Å²) in [4.78, 5) is 4.21. The van der Waals surface area contributed by atoms with Crippen LogP contribution in [0, 0.1) is 0 Å². The van der Waals surface area contributed by atoms with Gasteiger partial charge in [-0.3, -0.25) is 9.71 Å². The van der Waals surface area contributed by atoms with Crippen molar-refractivity contribution in [2.45, 2.75) is 4.90 Å². The summed E-state index contributed by atoms with van der Waals surface area (Å²) < 4.78 is 32.8. The molecule has 3 aromatic rings. The zero-order valence-corrected chi connectivity index (χ0v) is 13.7. The number of rotatable bonds is 4. The molecule has 0 unspecified atom stereocenters. The van der Waals surface area contributed by atoms with Crippen LogP contribution < -0.4 is 9.46 Å². The Hall–Kier alpha value is -2.31. The number of hydrogen-bond donors (Lipinski definition) is 1. The van der Waals surface area contributed by atoms with Crippen LogP contribution in [0.15, 0.2) is 59.6 Å². The van der Waals surface area contributed by atoms with Gasteiger partial charge < -0.3 is 4.74 Å². The van der Waals surface area contributed by atoms with E-state index in [0.29, 0.717) is 17.0 Å². The maximum Gasteiger partial charge on any atom is 0.263 e. The summed E-state index contributed by atoms with van der Waals surface area (Å²) in [6.45, 7) is 0. The van der Waals surface area contributed by atoms with E-state index in [1.54, 1.807) is 30.5 Å². The summed E-state index contributed by atoms with van der Waals surface area (Å²) in [6.07, 6.45) is 1.61. The minimum atomic E-state index is -3.84. The molecule has 1 heterocycles. The van der Waals surface area contributed by atoms with Crippen LogP contribution in [0.1, 0.15) is 0 Å². The Morgan fingerprint density at radius 2 is 1.91 bits per heavy atom. The number of nitrogens with one attached hydrogen (secondary N) is 1. The molecule has 0 atom stereocenters. The average molecular weight is 349 g/mol. The van der Waals surface area contributed by atoms with Gasteiger partial charge in [0.05, 0.1) is 23.3 Å². The summed E-state index contributed by atoms with van der Waals surface area (Å²) >= 11 is 6.06. The number of hydrogen-bond acceptors (Lipinski definition) is 4. The van der Waals surface area contributed by atoms with E-state index in [0.717, 1.165) is 5.39 Å². The second kappa shape index (κ2) is 6.06. The molecule has 1 aromatic heterocycles. The zero-order valence-electron chi connectivity index (χ0n) is 12.2. The van der Waals surface area contributed by atoms with Crippen LogP contribution in [0.5, 0.6) is 5.75 Å². The quantitative estimate of drug-likeness (QED) is 0.780. The van der Waals surface area contributed by atoms with Gasteiger partial charge in [0.1, 0.15) is 10.6 Å². The first-order valence-electron chi connectivity index (χ1n) is 6.71. The molecule has 0 saturated heterocycles. The van der Waals surface area contributed by atoms with Gasteiger partial charge in [0.15, 0.2) is 0 Å². The van der Waals surface area contributed by atoms with Crippen molar-refractivity contribution in [1.82, 2.24) is 4.98 Å². The van der Waals surface area contributed by atoms with Crippen molar-refractivity contribution in [1.29, 1.82) is 0 Å². The van der Waals surface area contributed by atoms with Gasteiger partial charge in [-0.05, 0) is 24.3 Å². The molecule has 0 aliphatic heterocycles. The number of anilines is 1. The number of halogens is 1. The lowest BCUT2D eigenvalue weighted by molar-refractivity contribution is 0.414. The molecule has 0 fully saturated rings. The first-order chi connectivity index (χ1) is 11.0. The molecular weight excluding hydrogens is 336 g/mol. The van der Waals surface area contributed by atoms with Crippen LogP contribution in [-0.4, -0.2) is 20.5 Å². The normalized spacial score (nSPS) is 11.4. The highest BCUT2D eigenvalue weighted by Gasteiger charge is 2.19. The maximum absolute atomic E-state index is 12.6. The number of methoxy groups -OCH3 is 1. The van der Waals surface area contributed by atoms with E-state index in [-0.39, 0.29) is 9.92 Å². The molecular formula is C16H13ClN2O3S. The monoisotopic (exact) mass is 348 g/mol. The summed E-state index contributed by atoms with van der Waals surface area (Å²) in [7, 11) is -2.35. The Morgan fingerprint density at radius 3 is 2.65 bits per heavy atom. The van der Waals surface area contributed by atoms with E-state index in [2.05, 4.69) is 9.71 Å². The SMILES string of the molecule is COc1ccc(S(=O)(=O)Nc2cccc3cccnc23)c(Cl)c1. The van der Waals surface area contributed by atoms with Gasteiger partial charge in [-0.1, -0.05) is 29.8 Å². The lowest BCUT2D eigenvalue weighted by Crippen LogP contribution is -2.14. The maximum atomic E-state index is 12.6. The molecule has 118 valence electrons. The van der Waals surface area contributed by atoms with E-state index in [9.17, 15) is 8.42 Å². The molecule has 0 radical (unpaired) electrons. The Kier molecular flexibility index (Phi) is 4.11. The predicted molar refractivity (Wildman–Crippen MR) is 90.6 cm³/mol. The first-order valence-corrected chi connectivity index (χ1v) is 8.57. The smallest absolute Gasteiger partial charge is 0.263 e. The van der Waals surface area contributed by atoms with Crippen LogP contribution >= 0.6 is 11.6 Å². The highest BCUT2D eigenvalue weighted by atomic mass is 35.5. The Bertz CT molecular complexity index is 969. The summed E-state index contributed by atoms with van der Waals surface area (Å²) in [6, 6.07) is 13.3. The Morgan fingerprint density at radius 1 is 1.13 bits per heavy atom. The van der Waals surface area contributed by atoms with Crippen molar-refractivity contribution in [2.24, 2.45) is 0 Å². The predicted octanol–water partition coefficient (Wildman–Crippen LogP) is 3.70. The third-order valence-electron chi connectivity index (χ3n) is 3.31. The molecule has 5 nitrogen and oxygen atoms in total. The van der Waals surface area contributed by atoms with Crippen molar-refractivity contribution >= 4 is 38.2 Å². The minimum Gasteiger partial charge on any atom is -0.497 e. The fourth-order valence-electron chi connectivity index (χ4n) is 2.21. The highest BCUT2D eigenvalue weighted by molar-refractivity contribution is 7.92. The second-order valence-electron chi connectivity index (χ2n) is 4.78. The highest BCUT2D eigenvalue weighted by Crippen LogP contribution is 2.29. The van der Waals surface area contributed by atoms with Gasteiger partial charge in [0.25, 0.3) is 10.0 Å². The van der Waals surface area contributed by atoms with Gasteiger partial charge in [-0.25, -0.2) is 8.42 Å². The number of para-hydroxylation sites is 1. The third-order valence-corrected chi connectivity index (χ3v) is 5.15. The fraction of sp³-hybridized carbons (Fsp3) is 0.0625. The second-order valence-corrected chi connectivity index (χ2v) is 6.84. The minimum absolute atomic E-state index is 0.0205. The van der Waals surface area contributed by atoms with E-state index in [4.69, 9.17) is 16.3 Å². The molecule has 23 heavy (non-hydrogen) atoms. The number of nitrogens with zero attached hydrogens (tertiary/aromatic N) is 1. The summed E-state index contributed by atoms with van der Waals surface area (Å²) in [5, 5.41) is 0.929. The van der Waals surface area contributed by atoms with Crippen molar-refractivity contribution in [3.63, 3.8) is 0 Å². The van der Waals surface area contributed by atoms with Crippen LogP contribution in [0.4, 0.5) is 5.69 Å². The van der Waals surface area contributed by atoms with E-state index >= 15 is 0 Å². The van der Waals surface area contributed by atoms with Crippen LogP contribution in [-0.2, 0) is 10.0 Å². The molecule has 7 heteroatoms. The van der Waals surface area contributed by atoms with Gasteiger partial charge in [-0.2, -0.15) is 0 Å². The molecule has 1 N–H and O–H groups in total. The van der Waals surface area contributed by atoms with Gasteiger partial charge in [0.2, 0.25) is 0 Å². The number of fused-ring (bicyclic) bond motifs is 1. The lowest BCUT2D eigenvalue weighted by atomic mass is 10.2. The molecule has 0 spiro atoms. The number of sulfonamides is 1. The molecule has 0 amide bonds. The van der Waals surface area contributed by atoms with Crippen molar-refractivity contribution < 1.29 is 13.2 Å². The summed E-state index contributed by atoms with van der Waals surface area (Å²) in [5.74, 6) is 0.487. The first kappa shape index (κ1) is 15.6. The molecule has 3 rings (SSSR count). The summed E-state index contributed by atoms with van der Waals surface area (Å²) in [5.41, 5.74) is 0.971. The van der Waals surface area contributed by atoms with Crippen molar-refractivity contribution in [2.75, 3.05) is 11.8 Å². The lowest BCUT2D eigenvalue weighted by Gasteiger charge is -2.12. The molecule has 0 aliphatic rings. The van der Waals surface area contributed by atoms with Crippen LogP contribution in [0.2, 0.25) is 5.02 Å². The molecule has 2 aromatic carbocycles. The Labute approximate surface area is 138 Å². The number of benzene rings is 2. The van der Waals surface area contributed by atoms with Crippen LogP contribution in [0.25, 0.3) is 10.9 Å². The third kappa shape index (κ3) is 3.09. The van der Waals surface area contributed by atoms with E-state index in [1.165, 1.54) is 19.2 Å². The standard InChI is InChI=1S/C16H13ClN2O3S/c1-22-12-7-8-15(13(17)10-12)23(20,21)19-14-6-2-4-11-5-3-9-18-16(11)14/h2-10,19H,1H3. The zero-order chi connectivity index (χ0) is 16.4. The fourth-order valence-corrected chi connectivity index (χ4v) is 3.82. The van der Waals surface area contributed by atoms with Crippen molar-refractivity contribution in [3.05, 3.63) is 59.8 Å². The average Bonchev–Trinajstić information content (AvgIpc) is 2.54. The largest absolute Gasteiger partial charge is 0.497 e.